The summed E-state index contributed by atoms with van der Waals surface area (Å²) in [7, 11) is 1.67. The lowest BCUT2D eigenvalue weighted by molar-refractivity contribution is 0.414. The fourth-order valence-corrected chi connectivity index (χ4v) is 3.71. The molecule has 0 aliphatic heterocycles. The molecule has 0 aliphatic carbocycles. The molecule has 0 spiro atoms. The molecule has 0 amide bonds. The standard InChI is InChI=1S/C19H23N3O2S/c1-4-5-9-22-18(23)17-16(10-13(2)20-17)21-19(22)25-12-14-7-6-8-15(11-14)24-3/h6-8,10-11,20H,4-5,9,12H2,1-3H3. The topological polar surface area (TPSA) is 59.9 Å². The molecule has 3 rings (SSSR count). The van der Waals surface area contributed by atoms with Crippen molar-refractivity contribution in [3.8, 4) is 5.75 Å². The Kier molecular flexibility index (Phi) is 5.48. The minimum Gasteiger partial charge on any atom is -0.497 e. The van der Waals surface area contributed by atoms with Gasteiger partial charge in [-0.1, -0.05) is 37.2 Å². The molecule has 0 radical (unpaired) electrons. The van der Waals surface area contributed by atoms with Crippen LogP contribution in [0.5, 0.6) is 5.75 Å². The van der Waals surface area contributed by atoms with E-state index in [1.807, 2.05) is 31.2 Å². The predicted octanol–water partition coefficient (Wildman–Crippen LogP) is 4.13. The monoisotopic (exact) mass is 357 g/mol. The van der Waals surface area contributed by atoms with E-state index >= 15 is 0 Å². The van der Waals surface area contributed by atoms with Gasteiger partial charge in [0.05, 0.1) is 12.6 Å². The number of methoxy groups -OCH3 is 1. The van der Waals surface area contributed by atoms with Crippen molar-refractivity contribution >= 4 is 22.8 Å². The van der Waals surface area contributed by atoms with Gasteiger partial charge in [-0.15, -0.1) is 0 Å². The molecule has 3 aromatic rings. The molecule has 0 saturated carbocycles. The number of nitrogens with zero attached hydrogens (tertiary/aromatic N) is 2. The number of benzene rings is 1. The van der Waals surface area contributed by atoms with Crippen molar-refractivity contribution in [2.75, 3.05) is 7.11 Å². The highest BCUT2D eigenvalue weighted by atomic mass is 32.2. The Balaban J connectivity index is 1.93. The van der Waals surface area contributed by atoms with Gasteiger partial charge in [0.15, 0.2) is 5.16 Å². The van der Waals surface area contributed by atoms with Crippen molar-refractivity contribution in [2.24, 2.45) is 0 Å². The molecule has 6 heteroatoms. The van der Waals surface area contributed by atoms with Crippen LogP contribution < -0.4 is 10.3 Å². The SMILES string of the molecule is CCCCn1c(SCc2cccc(OC)c2)nc2cc(C)[nH]c2c1=O. The van der Waals surface area contributed by atoms with E-state index in [4.69, 9.17) is 9.72 Å². The number of aryl methyl sites for hydroxylation is 1. The maximum absolute atomic E-state index is 12.8. The molecule has 0 atom stereocenters. The molecule has 132 valence electrons. The summed E-state index contributed by atoms with van der Waals surface area (Å²) in [5.74, 6) is 1.58. The number of aromatic nitrogens is 3. The van der Waals surface area contributed by atoms with Crippen molar-refractivity contribution in [1.29, 1.82) is 0 Å². The van der Waals surface area contributed by atoms with Crippen LogP contribution in [0.15, 0.2) is 40.3 Å². The first kappa shape index (κ1) is 17.6. The summed E-state index contributed by atoms with van der Waals surface area (Å²) in [5.41, 5.74) is 3.45. The van der Waals surface area contributed by atoms with Crippen LogP contribution in [-0.2, 0) is 12.3 Å². The Labute approximate surface area is 151 Å². The first-order chi connectivity index (χ1) is 12.1. The molecular weight excluding hydrogens is 334 g/mol. The van der Waals surface area contributed by atoms with Gasteiger partial charge >= 0.3 is 0 Å². The van der Waals surface area contributed by atoms with Crippen LogP contribution in [0, 0.1) is 6.92 Å². The van der Waals surface area contributed by atoms with Crippen molar-refractivity contribution in [3.63, 3.8) is 0 Å². The summed E-state index contributed by atoms with van der Waals surface area (Å²) in [6.07, 6.45) is 1.99. The maximum atomic E-state index is 12.8. The number of ether oxygens (including phenoxy) is 1. The fourth-order valence-electron chi connectivity index (χ4n) is 2.74. The highest BCUT2D eigenvalue weighted by molar-refractivity contribution is 7.98. The minimum absolute atomic E-state index is 0.0136. The third-order valence-corrected chi connectivity index (χ3v) is 5.12. The second kappa shape index (κ2) is 7.78. The van der Waals surface area contributed by atoms with Gasteiger partial charge in [0.2, 0.25) is 0 Å². The molecule has 5 nitrogen and oxygen atoms in total. The van der Waals surface area contributed by atoms with E-state index in [0.717, 1.165) is 46.3 Å². The average Bonchev–Trinajstić information content (AvgIpc) is 3.00. The van der Waals surface area contributed by atoms with E-state index in [9.17, 15) is 4.79 Å². The maximum Gasteiger partial charge on any atom is 0.278 e. The molecule has 25 heavy (non-hydrogen) atoms. The van der Waals surface area contributed by atoms with Crippen molar-refractivity contribution in [3.05, 3.63) is 51.9 Å². The number of nitrogens with one attached hydrogen (secondary N) is 1. The Bertz CT molecular complexity index is 930. The van der Waals surface area contributed by atoms with Crippen molar-refractivity contribution < 1.29 is 4.74 Å². The van der Waals surface area contributed by atoms with Gasteiger partial charge in [-0.2, -0.15) is 0 Å². The molecule has 2 heterocycles. The van der Waals surface area contributed by atoms with Gasteiger partial charge in [0.25, 0.3) is 5.56 Å². The predicted molar refractivity (Wildman–Crippen MR) is 103 cm³/mol. The molecule has 0 bridgehead atoms. The smallest absolute Gasteiger partial charge is 0.278 e. The minimum atomic E-state index is 0.0136. The van der Waals surface area contributed by atoms with E-state index in [1.165, 1.54) is 0 Å². The van der Waals surface area contributed by atoms with Gasteiger partial charge in [-0.3, -0.25) is 9.36 Å². The Morgan fingerprint density at radius 3 is 2.92 bits per heavy atom. The molecule has 2 aromatic heterocycles. The number of hydrogen-bond acceptors (Lipinski definition) is 4. The summed E-state index contributed by atoms with van der Waals surface area (Å²) in [4.78, 5) is 20.7. The van der Waals surface area contributed by atoms with Crippen LogP contribution in [0.3, 0.4) is 0 Å². The third kappa shape index (κ3) is 3.90. The third-order valence-electron chi connectivity index (χ3n) is 4.07. The Hall–Kier alpha value is -2.21. The zero-order valence-corrected chi connectivity index (χ0v) is 15.7. The van der Waals surface area contributed by atoms with Crippen LogP contribution in [0.25, 0.3) is 11.0 Å². The molecule has 0 unspecified atom stereocenters. The second-order valence-electron chi connectivity index (χ2n) is 6.06. The summed E-state index contributed by atoms with van der Waals surface area (Å²) < 4.78 is 7.08. The quantitative estimate of drug-likeness (QED) is 0.510. The Morgan fingerprint density at radius 1 is 1.32 bits per heavy atom. The highest BCUT2D eigenvalue weighted by Gasteiger charge is 2.13. The van der Waals surface area contributed by atoms with Crippen LogP contribution in [-0.4, -0.2) is 21.6 Å². The van der Waals surface area contributed by atoms with E-state index in [0.29, 0.717) is 12.1 Å². The lowest BCUT2D eigenvalue weighted by Crippen LogP contribution is -2.23. The molecule has 0 fully saturated rings. The second-order valence-corrected chi connectivity index (χ2v) is 7.00. The molecular formula is C19H23N3O2S. The zero-order chi connectivity index (χ0) is 17.8. The van der Waals surface area contributed by atoms with Gasteiger partial charge in [-0.25, -0.2) is 4.98 Å². The fraction of sp³-hybridized carbons (Fsp3) is 0.368. The summed E-state index contributed by atoms with van der Waals surface area (Å²) in [6, 6.07) is 9.91. The average molecular weight is 357 g/mol. The first-order valence-corrected chi connectivity index (χ1v) is 9.46. The van der Waals surface area contributed by atoms with Crippen molar-refractivity contribution in [1.82, 2.24) is 14.5 Å². The number of aromatic amines is 1. The van der Waals surface area contributed by atoms with Gasteiger partial charge in [0.1, 0.15) is 11.3 Å². The molecule has 0 saturated heterocycles. The first-order valence-electron chi connectivity index (χ1n) is 8.48. The van der Waals surface area contributed by atoms with Crippen molar-refractivity contribution in [2.45, 2.75) is 44.1 Å². The molecule has 0 aliphatic rings. The zero-order valence-electron chi connectivity index (χ0n) is 14.8. The van der Waals surface area contributed by atoms with E-state index in [-0.39, 0.29) is 5.56 Å². The van der Waals surface area contributed by atoms with Crippen LogP contribution in [0.2, 0.25) is 0 Å². The summed E-state index contributed by atoms with van der Waals surface area (Å²) in [6.45, 7) is 4.76. The number of fused-ring (bicyclic) bond motifs is 1. The van der Waals surface area contributed by atoms with Gasteiger partial charge < -0.3 is 9.72 Å². The van der Waals surface area contributed by atoms with E-state index in [2.05, 4.69) is 18.0 Å². The number of unbranched alkanes of at least 4 members (excludes halogenated alkanes) is 1. The number of rotatable bonds is 7. The van der Waals surface area contributed by atoms with E-state index < -0.39 is 0 Å². The normalized spacial score (nSPS) is 11.2. The molecule has 1 aromatic carbocycles. The van der Waals surface area contributed by atoms with E-state index in [1.54, 1.807) is 23.4 Å². The molecule has 1 N–H and O–H groups in total. The summed E-state index contributed by atoms with van der Waals surface area (Å²) in [5, 5.41) is 0.771. The largest absolute Gasteiger partial charge is 0.497 e. The van der Waals surface area contributed by atoms with Crippen LogP contribution in [0.4, 0.5) is 0 Å². The van der Waals surface area contributed by atoms with Crippen LogP contribution >= 0.6 is 11.8 Å². The highest BCUT2D eigenvalue weighted by Crippen LogP contribution is 2.24. The van der Waals surface area contributed by atoms with Gasteiger partial charge in [-0.05, 0) is 37.1 Å². The number of H-pyrrole nitrogens is 1. The lowest BCUT2D eigenvalue weighted by atomic mass is 10.2. The number of thioether (sulfide) groups is 1. The Morgan fingerprint density at radius 2 is 2.16 bits per heavy atom. The summed E-state index contributed by atoms with van der Waals surface area (Å²) >= 11 is 1.59. The number of hydrogen-bond donors (Lipinski definition) is 1. The van der Waals surface area contributed by atoms with Gasteiger partial charge in [0, 0.05) is 18.0 Å². The van der Waals surface area contributed by atoms with Crippen LogP contribution in [0.1, 0.15) is 31.0 Å². The lowest BCUT2D eigenvalue weighted by Gasteiger charge is -2.11.